The summed E-state index contributed by atoms with van der Waals surface area (Å²) in [6.45, 7) is 1.82. The Morgan fingerprint density at radius 2 is 1.92 bits per heavy atom. The molecule has 2 saturated heterocycles. The van der Waals surface area contributed by atoms with Crippen LogP contribution in [0.4, 0.5) is 13.2 Å². The van der Waals surface area contributed by atoms with E-state index in [1.54, 1.807) is 0 Å². The summed E-state index contributed by atoms with van der Waals surface area (Å²) in [6.07, 6.45) is -1.80. The second kappa shape index (κ2) is 7.33. The molecule has 0 unspecified atom stereocenters. The maximum absolute atomic E-state index is 13.0. The highest BCUT2D eigenvalue weighted by molar-refractivity contribution is 5.79. The van der Waals surface area contributed by atoms with E-state index in [4.69, 9.17) is 9.47 Å². The number of halogens is 3. The third kappa shape index (κ3) is 4.52. The molecule has 0 saturated carbocycles. The standard InChI is InChI=1S/C18H22F3NO3/c19-18(20,21)15-4-2-1-3-13(15)11-16(23)22-14-5-8-25-17(12-14)6-9-24-10-7-17/h1-4,14H,5-12H2,(H,22,23)/t14-/m0/s1. The number of hydrogen-bond acceptors (Lipinski definition) is 3. The van der Waals surface area contributed by atoms with E-state index in [1.807, 2.05) is 0 Å². The third-order valence-corrected chi connectivity index (χ3v) is 4.94. The number of carbonyl (C=O) groups is 1. The predicted octanol–water partition coefficient (Wildman–Crippen LogP) is 3.09. The average Bonchev–Trinajstić information content (AvgIpc) is 2.55. The average molecular weight is 357 g/mol. The lowest BCUT2D eigenvalue weighted by Gasteiger charge is -2.43. The van der Waals surface area contributed by atoms with Crippen molar-refractivity contribution in [2.45, 2.75) is 49.9 Å². The number of alkyl halides is 3. The number of carbonyl (C=O) groups excluding carboxylic acids is 1. The van der Waals surface area contributed by atoms with Crippen LogP contribution >= 0.6 is 0 Å². The Morgan fingerprint density at radius 1 is 1.20 bits per heavy atom. The minimum atomic E-state index is -4.46. The van der Waals surface area contributed by atoms with Gasteiger partial charge in [-0.3, -0.25) is 4.79 Å². The molecule has 3 rings (SSSR count). The lowest BCUT2D eigenvalue weighted by molar-refractivity contribution is -0.143. The van der Waals surface area contributed by atoms with Crippen LogP contribution in [0.1, 0.15) is 36.8 Å². The Labute approximate surface area is 144 Å². The SMILES string of the molecule is O=C(Cc1ccccc1C(F)(F)F)N[C@H]1CCOC2(CCOCC2)C1. The second-order valence-electron chi connectivity index (χ2n) is 6.73. The quantitative estimate of drug-likeness (QED) is 0.904. The Bertz CT molecular complexity index is 606. The molecule has 1 atom stereocenters. The second-order valence-corrected chi connectivity index (χ2v) is 6.73. The van der Waals surface area contributed by atoms with Crippen molar-refractivity contribution in [1.82, 2.24) is 5.32 Å². The van der Waals surface area contributed by atoms with Crippen LogP contribution in [0.25, 0.3) is 0 Å². The van der Waals surface area contributed by atoms with Gasteiger partial charge in [0.15, 0.2) is 0 Å². The van der Waals surface area contributed by atoms with Crippen LogP contribution in [0.5, 0.6) is 0 Å². The number of nitrogens with one attached hydrogen (secondary N) is 1. The zero-order chi connectivity index (χ0) is 17.9. The van der Waals surface area contributed by atoms with Crippen LogP contribution in [0.2, 0.25) is 0 Å². The predicted molar refractivity (Wildman–Crippen MR) is 85.0 cm³/mol. The summed E-state index contributed by atoms with van der Waals surface area (Å²) < 4.78 is 50.4. The van der Waals surface area contributed by atoms with Crippen LogP contribution in [-0.2, 0) is 26.9 Å². The molecule has 2 fully saturated rings. The van der Waals surface area contributed by atoms with E-state index < -0.39 is 11.7 Å². The van der Waals surface area contributed by atoms with Gasteiger partial charge >= 0.3 is 6.18 Å². The first kappa shape index (κ1) is 18.2. The summed E-state index contributed by atoms with van der Waals surface area (Å²) in [4.78, 5) is 12.3. The summed E-state index contributed by atoms with van der Waals surface area (Å²) in [5, 5.41) is 2.89. The largest absolute Gasteiger partial charge is 0.416 e. The van der Waals surface area contributed by atoms with Gasteiger partial charge in [0.2, 0.25) is 5.91 Å². The monoisotopic (exact) mass is 357 g/mol. The number of rotatable bonds is 3. The fourth-order valence-electron chi connectivity index (χ4n) is 3.65. The van der Waals surface area contributed by atoms with E-state index in [0.717, 1.165) is 18.9 Å². The van der Waals surface area contributed by atoms with Gasteiger partial charge in [-0.25, -0.2) is 0 Å². The highest BCUT2D eigenvalue weighted by Crippen LogP contribution is 2.35. The molecule has 2 aliphatic heterocycles. The fraction of sp³-hybridized carbons (Fsp3) is 0.611. The van der Waals surface area contributed by atoms with Crippen molar-refractivity contribution in [2.75, 3.05) is 19.8 Å². The lowest BCUT2D eigenvalue weighted by Crippen LogP contribution is -2.51. The van der Waals surface area contributed by atoms with Gasteiger partial charge in [-0.15, -0.1) is 0 Å². The first-order valence-electron chi connectivity index (χ1n) is 8.54. The fourth-order valence-corrected chi connectivity index (χ4v) is 3.65. The van der Waals surface area contributed by atoms with Gasteiger partial charge in [0.05, 0.1) is 17.6 Å². The van der Waals surface area contributed by atoms with Gasteiger partial charge in [0.1, 0.15) is 0 Å². The van der Waals surface area contributed by atoms with Crippen LogP contribution in [0.15, 0.2) is 24.3 Å². The summed E-state index contributed by atoms with van der Waals surface area (Å²) in [6, 6.07) is 5.14. The van der Waals surface area contributed by atoms with Gasteiger partial charge in [0, 0.05) is 25.9 Å². The molecule has 2 aliphatic rings. The molecule has 1 aromatic rings. The summed E-state index contributed by atoms with van der Waals surface area (Å²) in [5.41, 5.74) is -1.02. The van der Waals surface area contributed by atoms with Crippen molar-refractivity contribution < 1.29 is 27.4 Å². The number of ether oxygens (including phenoxy) is 2. The van der Waals surface area contributed by atoms with Crippen LogP contribution in [-0.4, -0.2) is 37.4 Å². The van der Waals surface area contributed by atoms with E-state index in [0.29, 0.717) is 32.7 Å². The lowest BCUT2D eigenvalue weighted by atomic mass is 9.84. The van der Waals surface area contributed by atoms with Crippen molar-refractivity contribution >= 4 is 5.91 Å². The molecule has 0 aliphatic carbocycles. The topological polar surface area (TPSA) is 47.6 Å². The molecule has 7 heteroatoms. The number of hydrogen-bond donors (Lipinski definition) is 1. The molecule has 25 heavy (non-hydrogen) atoms. The van der Waals surface area contributed by atoms with Crippen LogP contribution in [0, 0.1) is 0 Å². The zero-order valence-electron chi connectivity index (χ0n) is 13.9. The highest BCUT2D eigenvalue weighted by Gasteiger charge is 2.39. The first-order chi connectivity index (χ1) is 11.9. The number of benzene rings is 1. The molecular formula is C18H22F3NO3. The van der Waals surface area contributed by atoms with Gasteiger partial charge in [-0.1, -0.05) is 18.2 Å². The normalized spacial score (nSPS) is 23.4. The maximum Gasteiger partial charge on any atom is 0.416 e. The molecular weight excluding hydrogens is 335 g/mol. The summed E-state index contributed by atoms with van der Waals surface area (Å²) in [7, 11) is 0. The molecule has 1 aromatic carbocycles. The van der Waals surface area contributed by atoms with Crippen molar-refractivity contribution in [3.63, 3.8) is 0 Å². The Kier molecular flexibility index (Phi) is 5.34. The van der Waals surface area contributed by atoms with Crippen LogP contribution in [0.3, 0.4) is 0 Å². The third-order valence-electron chi connectivity index (χ3n) is 4.94. The highest BCUT2D eigenvalue weighted by atomic mass is 19.4. The molecule has 2 heterocycles. The van der Waals surface area contributed by atoms with Crippen molar-refractivity contribution in [3.8, 4) is 0 Å². The van der Waals surface area contributed by atoms with Crippen molar-refractivity contribution in [1.29, 1.82) is 0 Å². The zero-order valence-corrected chi connectivity index (χ0v) is 13.9. The number of amides is 1. The van der Waals surface area contributed by atoms with Crippen molar-refractivity contribution in [2.24, 2.45) is 0 Å². The van der Waals surface area contributed by atoms with E-state index in [2.05, 4.69) is 5.32 Å². The van der Waals surface area contributed by atoms with Crippen molar-refractivity contribution in [3.05, 3.63) is 35.4 Å². The van der Waals surface area contributed by atoms with Crippen LogP contribution < -0.4 is 5.32 Å². The first-order valence-corrected chi connectivity index (χ1v) is 8.54. The molecule has 1 N–H and O–H groups in total. The van der Waals surface area contributed by atoms with Gasteiger partial charge in [-0.05, 0) is 37.3 Å². The Morgan fingerprint density at radius 3 is 2.64 bits per heavy atom. The van der Waals surface area contributed by atoms with E-state index in [1.165, 1.54) is 18.2 Å². The summed E-state index contributed by atoms with van der Waals surface area (Å²) in [5.74, 6) is -0.384. The van der Waals surface area contributed by atoms with Gasteiger partial charge in [-0.2, -0.15) is 13.2 Å². The summed E-state index contributed by atoms with van der Waals surface area (Å²) >= 11 is 0. The smallest absolute Gasteiger partial charge is 0.381 e. The van der Waals surface area contributed by atoms with Gasteiger partial charge in [0.25, 0.3) is 0 Å². The molecule has 0 aromatic heterocycles. The molecule has 1 amide bonds. The maximum atomic E-state index is 13.0. The van der Waals surface area contributed by atoms with E-state index >= 15 is 0 Å². The molecule has 1 spiro atoms. The Balaban J connectivity index is 1.61. The van der Waals surface area contributed by atoms with E-state index in [-0.39, 0.29) is 29.5 Å². The van der Waals surface area contributed by atoms with Gasteiger partial charge < -0.3 is 14.8 Å². The van der Waals surface area contributed by atoms with E-state index in [9.17, 15) is 18.0 Å². The minimum Gasteiger partial charge on any atom is -0.381 e. The minimum absolute atomic E-state index is 0.000314. The molecule has 138 valence electrons. The Hall–Kier alpha value is -1.60. The molecule has 4 nitrogen and oxygen atoms in total. The molecule has 0 bridgehead atoms. The molecule has 0 radical (unpaired) electrons.